The van der Waals surface area contributed by atoms with E-state index in [0.29, 0.717) is 10.6 Å². The van der Waals surface area contributed by atoms with Crippen molar-refractivity contribution in [1.29, 1.82) is 0 Å². The summed E-state index contributed by atoms with van der Waals surface area (Å²) in [5, 5.41) is 9.13. The average molecular weight is 368 g/mol. The van der Waals surface area contributed by atoms with E-state index >= 15 is 0 Å². The van der Waals surface area contributed by atoms with E-state index in [1.54, 1.807) is 23.1 Å². The lowest BCUT2D eigenvalue weighted by Crippen LogP contribution is -2.33. The minimum Gasteiger partial charge on any atom is -0.367 e. The highest BCUT2D eigenvalue weighted by molar-refractivity contribution is 7.12. The minimum absolute atomic E-state index is 0.132. The second kappa shape index (κ2) is 7.25. The predicted octanol–water partition coefficient (Wildman–Crippen LogP) is 3.21. The van der Waals surface area contributed by atoms with Crippen LogP contribution in [-0.2, 0) is 0 Å². The lowest BCUT2D eigenvalue weighted by molar-refractivity contribution is 0.103. The fourth-order valence-electron chi connectivity index (χ4n) is 3.07. The van der Waals surface area contributed by atoms with Gasteiger partial charge in [-0.25, -0.2) is 14.6 Å². The van der Waals surface area contributed by atoms with Crippen LogP contribution in [0.15, 0.2) is 42.4 Å². The van der Waals surface area contributed by atoms with E-state index < -0.39 is 0 Å². The van der Waals surface area contributed by atoms with Gasteiger partial charge in [0.25, 0.3) is 5.91 Å². The molecule has 4 heterocycles. The van der Waals surface area contributed by atoms with Crippen molar-refractivity contribution in [3.63, 3.8) is 0 Å². The third-order valence-electron chi connectivity index (χ3n) is 4.60. The molecule has 0 bridgehead atoms. The van der Waals surface area contributed by atoms with Gasteiger partial charge < -0.3 is 10.2 Å². The van der Waals surface area contributed by atoms with Crippen LogP contribution >= 0.6 is 11.3 Å². The van der Waals surface area contributed by atoms with Crippen molar-refractivity contribution in [3.8, 4) is 5.82 Å². The van der Waals surface area contributed by atoms with E-state index in [1.165, 1.54) is 17.7 Å². The van der Waals surface area contributed by atoms with Gasteiger partial charge in [-0.3, -0.25) is 4.79 Å². The first-order valence-electron chi connectivity index (χ1n) is 8.65. The molecule has 0 spiro atoms. The zero-order chi connectivity index (χ0) is 17.9. The quantitative estimate of drug-likeness (QED) is 0.765. The van der Waals surface area contributed by atoms with Gasteiger partial charge in [0.05, 0.1) is 29.2 Å². The summed E-state index contributed by atoms with van der Waals surface area (Å²) in [6, 6.07) is 3.65. The molecule has 0 unspecified atom stereocenters. The lowest BCUT2D eigenvalue weighted by atomic mass is 9.99. The summed E-state index contributed by atoms with van der Waals surface area (Å²) in [7, 11) is 0. The maximum atomic E-state index is 12.2. The number of hydrogen-bond donors (Lipinski definition) is 1. The maximum absolute atomic E-state index is 12.2. The first-order valence-corrected chi connectivity index (χ1v) is 9.53. The number of piperidine rings is 1. The van der Waals surface area contributed by atoms with Gasteiger partial charge >= 0.3 is 0 Å². The number of nitrogens with zero attached hydrogens (tertiary/aromatic N) is 5. The van der Waals surface area contributed by atoms with Gasteiger partial charge in [-0.1, -0.05) is 13.0 Å². The number of amides is 1. The molecular weight excluding hydrogens is 348 g/mol. The highest BCUT2D eigenvalue weighted by atomic mass is 32.1. The molecule has 1 aliphatic heterocycles. The molecule has 0 radical (unpaired) electrons. The molecule has 1 amide bonds. The normalized spacial score (nSPS) is 15.2. The second-order valence-corrected chi connectivity index (χ2v) is 7.45. The molecule has 1 aliphatic rings. The van der Waals surface area contributed by atoms with Crippen LogP contribution in [0.2, 0.25) is 0 Å². The Kier molecular flexibility index (Phi) is 4.66. The smallest absolute Gasteiger partial charge is 0.265 e. The summed E-state index contributed by atoms with van der Waals surface area (Å²) < 4.78 is 1.69. The molecule has 1 N–H and O–H groups in total. The molecule has 0 saturated carbocycles. The summed E-state index contributed by atoms with van der Waals surface area (Å²) in [6.07, 6.45) is 9.10. The summed E-state index contributed by atoms with van der Waals surface area (Å²) >= 11 is 1.41. The molecule has 26 heavy (non-hydrogen) atoms. The molecule has 3 aromatic heterocycles. The third kappa shape index (κ3) is 3.45. The second-order valence-electron chi connectivity index (χ2n) is 6.51. The molecule has 0 atom stereocenters. The van der Waals surface area contributed by atoms with Gasteiger partial charge in [-0.05, 0) is 30.2 Å². The fraction of sp³-hybridized carbons (Fsp3) is 0.333. The first-order chi connectivity index (χ1) is 12.7. The van der Waals surface area contributed by atoms with Crippen LogP contribution in [0.25, 0.3) is 5.82 Å². The van der Waals surface area contributed by atoms with E-state index in [2.05, 4.69) is 32.2 Å². The Hall–Kier alpha value is -2.74. The highest BCUT2D eigenvalue weighted by Crippen LogP contribution is 2.27. The summed E-state index contributed by atoms with van der Waals surface area (Å²) in [5.74, 6) is 1.35. The fourth-order valence-corrected chi connectivity index (χ4v) is 3.69. The largest absolute Gasteiger partial charge is 0.367 e. The summed E-state index contributed by atoms with van der Waals surface area (Å²) in [5.41, 5.74) is 1.61. The Morgan fingerprint density at radius 3 is 2.92 bits per heavy atom. The van der Waals surface area contributed by atoms with Crippen LogP contribution in [0, 0.1) is 5.92 Å². The van der Waals surface area contributed by atoms with Crippen molar-refractivity contribution in [2.75, 3.05) is 23.3 Å². The number of hydrogen-bond acceptors (Lipinski definition) is 6. The average Bonchev–Trinajstić information content (AvgIpc) is 3.34. The van der Waals surface area contributed by atoms with Gasteiger partial charge in [0.2, 0.25) is 0 Å². The van der Waals surface area contributed by atoms with E-state index in [0.717, 1.165) is 43.4 Å². The van der Waals surface area contributed by atoms with Gasteiger partial charge in [0, 0.05) is 13.1 Å². The standard InChI is InChI=1S/C18H20N6OS/c1-13-4-6-23(7-5-13)15-10-19-12-20-17(15)24-11-14(9-21-24)22-18(25)16-3-2-8-26-16/h2-3,8-13H,4-7H2,1H3,(H,22,25). The van der Waals surface area contributed by atoms with E-state index in [-0.39, 0.29) is 5.91 Å². The maximum Gasteiger partial charge on any atom is 0.265 e. The summed E-state index contributed by atoms with van der Waals surface area (Å²) in [6.45, 7) is 4.27. The molecule has 3 aromatic rings. The molecule has 1 saturated heterocycles. The van der Waals surface area contributed by atoms with Gasteiger partial charge in [0.15, 0.2) is 5.82 Å². The Morgan fingerprint density at radius 1 is 1.31 bits per heavy atom. The third-order valence-corrected chi connectivity index (χ3v) is 5.47. The zero-order valence-electron chi connectivity index (χ0n) is 14.5. The van der Waals surface area contributed by atoms with Crippen LogP contribution < -0.4 is 10.2 Å². The Morgan fingerprint density at radius 2 is 2.15 bits per heavy atom. The number of nitrogens with one attached hydrogen (secondary N) is 1. The van der Waals surface area contributed by atoms with Crippen LogP contribution in [0.4, 0.5) is 11.4 Å². The Labute approximate surface area is 155 Å². The van der Waals surface area contributed by atoms with Crippen molar-refractivity contribution in [2.45, 2.75) is 19.8 Å². The van der Waals surface area contributed by atoms with Crippen molar-refractivity contribution in [1.82, 2.24) is 19.7 Å². The molecule has 4 rings (SSSR count). The van der Waals surface area contributed by atoms with E-state index in [1.807, 2.05) is 17.6 Å². The first kappa shape index (κ1) is 16.7. The van der Waals surface area contributed by atoms with Crippen molar-refractivity contribution < 1.29 is 4.79 Å². The molecule has 0 aromatic carbocycles. The van der Waals surface area contributed by atoms with Crippen LogP contribution in [0.3, 0.4) is 0 Å². The Bertz CT molecular complexity index is 883. The van der Waals surface area contributed by atoms with Crippen molar-refractivity contribution in [2.24, 2.45) is 5.92 Å². The van der Waals surface area contributed by atoms with Crippen LogP contribution in [0.5, 0.6) is 0 Å². The molecule has 8 heteroatoms. The molecule has 1 fully saturated rings. The summed E-state index contributed by atoms with van der Waals surface area (Å²) in [4.78, 5) is 23.8. The number of carbonyl (C=O) groups excluding carboxylic acids is 1. The number of carbonyl (C=O) groups is 1. The van der Waals surface area contributed by atoms with Crippen LogP contribution in [0.1, 0.15) is 29.4 Å². The molecule has 0 aliphatic carbocycles. The molecular formula is C18H20N6OS. The molecule has 7 nitrogen and oxygen atoms in total. The van der Waals surface area contributed by atoms with Crippen molar-refractivity contribution in [3.05, 3.63) is 47.3 Å². The van der Waals surface area contributed by atoms with E-state index in [9.17, 15) is 4.79 Å². The van der Waals surface area contributed by atoms with Gasteiger partial charge in [-0.2, -0.15) is 5.10 Å². The number of aromatic nitrogens is 4. The topological polar surface area (TPSA) is 75.9 Å². The van der Waals surface area contributed by atoms with Gasteiger partial charge in [-0.15, -0.1) is 11.3 Å². The Balaban J connectivity index is 1.55. The SMILES string of the molecule is CC1CCN(c2cncnc2-n2cc(NC(=O)c3cccs3)cn2)CC1. The van der Waals surface area contributed by atoms with Crippen molar-refractivity contribution >= 4 is 28.6 Å². The monoisotopic (exact) mass is 368 g/mol. The molecule has 134 valence electrons. The zero-order valence-corrected chi connectivity index (χ0v) is 15.3. The number of thiophene rings is 1. The highest BCUT2D eigenvalue weighted by Gasteiger charge is 2.20. The lowest BCUT2D eigenvalue weighted by Gasteiger charge is -2.32. The number of rotatable bonds is 4. The minimum atomic E-state index is -0.132. The predicted molar refractivity (Wildman–Crippen MR) is 102 cm³/mol. The van der Waals surface area contributed by atoms with E-state index in [4.69, 9.17) is 0 Å². The number of anilines is 2. The van der Waals surface area contributed by atoms with Gasteiger partial charge in [0.1, 0.15) is 12.0 Å². The van der Waals surface area contributed by atoms with Crippen LogP contribution in [-0.4, -0.2) is 38.7 Å².